The lowest BCUT2D eigenvalue weighted by atomic mass is 10.2. The minimum absolute atomic E-state index is 0.106. The Morgan fingerprint density at radius 3 is 2.58 bits per heavy atom. The fourth-order valence-corrected chi connectivity index (χ4v) is 1.63. The first-order chi connectivity index (χ1) is 5.54. The lowest BCUT2D eigenvalue weighted by Crippen LogP contribution is -2.37. The van der Waals surface area contributed by atoms with Crippen molar-refractivity contribution in [3.8, 4) is 0 Å². The molecule has 1 aliphatic rings. The SMILES string of the molecule is CN1C=CC(=S(=O)=O)C1C(=O)O. The molecule has 0 spiro atoms. The summed E-state index contributed by atoms with van der Waals surface area (Å²) >= 11 is 0. The molecule has 0 fully saturated rings. The largest absolute Gasteiger partial charge is 0.479 e. The first kappa shape index (κ1) is 8.79. The smallest absolute Gasteiger partial charge is 0.332 e. The molecule has 1 heterocycles. The van der Waals surface area contributed by atoms with Gasteiger partial charge in [-0.25, -0.2) is 4.79 Å². The number of hydrogen-bond acceptors (Lipinski definition) is 4. The van der Waals surface area contributed by atoms with Crippen LogP contribution in [0.25, 0.3) is 0 Å². The normalized spacial score (nSPS) is 21.6. The second-order valence-corrected chi connectivity index (χ2v) is 3.30. The highest BCUT2D eigenvalue weighted by molar-refractivity contribution is 7.73. The van der Waals surface area contributed by atoms with Gasteiger partial charge in [-0.3, -0.25) is 0 Å². The molecule has 1 aliphatic heterocycles. The summed E-state index contributed by atoms with van der Waals surface area (Å²) in [6.07, 6.45) is 2.70. The Kier molecular flexibility index (Phi) is 2.18. The molecule has 1 rings (SSSR count). The first-order valence-electron chi connectivity index (χ1n) is 3.13. The standard InChI is InChI=1S/C6H7NO4S/c1-7-3-2-4(12(10)11)5(7)6(8)9/h2-3,5H,1H3,(H,8,9). The van der Waals surface area contributed by atoms with E-state index in [-0.39, 0.29) is 4.86 Å². The highest BCUT2D eigenvalue weighted by Crippen LogP contribution is 2.08. The molecule has 0 radical (unpaired) electrons. The molecule has 0 aromatic carbocycles. The highest BCUT2D eigenvalue weighted by atomic mass is 32.2. The summed E-state index contributed by atoms with van der Waals surface area (Å²) in [5.74, 6) is -1.17. The van der Waals surface area contributed by atoms with Gasteiger partial charge in [0.05, 0.1) is 0 Å². The van der Waals surface area contributed by atoms with E-state index in [9.17, 15) is 13.2 Å². The summed E-state index contributed by atoms with van der Waals surface area (Å²) in [6.45, 7) is 0. The van der Waals surface area contributed by atoms with Crippen molar-refractivity contribution >= 4 is 21.1 Å². The molecule has 0 amide bonds. The molecule has 1 unspecified atom stereocenters. The van der Waals surface area contributed by atoms with Crippen LogP contribution in [-0.4, -0.2) is 42.3 Å². The van der Waals surface area contributed by atoms with Crippen molar-refractivity contribution < 1.29 is 18.3 Å². The molecule has 1 N–H and O–H groups in total. The third kappa shape index (κ3) is 1.33. The molecule has 66 valence electrons. The average molecular weight is 189 g/mol. The molecule has 0 bridgehead atoms. The fraction of sp³-hybridized carbons (Fsp3) is 0.333. The zero-order valence-electron chi connectivity index (χ0n) is 6.26. The van der Waals surface area contributed by atoms with Crippen LogP contribution in [-0.2, 0) is 15.1 Å². The van der Waals surface area contributed by atoms with E-state index >= 15 is 0 Å². The maximum absolute atomic E-state index is 10.6. The number of rotatable bonds is 1. The number of hydrogen-bond donors (Lipinski definition) is 1. The van der Waals surface area contributed by atoms with Gasteiger partial charge in [0, 0.05) is 13.2 Å². The van der Waals surface area contributed by atoms with Gasteiger partial charge in [0.1, 0.15) is 4.86 Å². The van der Waals surface area contributed by atoms with Gasteiger partial charge < -0.3 is 10.0 Å². The van der Waals surface area contributed by atoms with Gasteiger partial charge in [0.15, 0.2) is 6.04 Å². The summed E-state index contributed by atoms with van der Waals surface area (Å²) in [4.78, 5) is 11.8. The minimum Gasteiger partial charge on any atom is -0.479 e. The zero-order chi connectivity index (χ0) is 9.30. The maximum atomic E-state index is 10.6. The van der Waals surface area contributed by atoms with Crippen LogP contribution in [0.4, 0.5) is 0 Å². The summed E-state index contributed by atoms with van der Waals surface area (Å²) in [5.41, 5.74) is 0. The lowest BCUT2D eigenvalue weighted by Gasteiger charge is -2.14. The Balaban J connectivity index is 3.17. The third-order valence-electron chi connectivity index (χ3n) is 1.58. The number of aliphatic carboxylic acids is 1. The molecule has 12 heavy (non-hydrogen) atoms. The molecule has 0 aromatic heterocycles. The first-order valence-corrected chi connectivity index (χ1v) is 4.20. The van der Waals surface area contributed by atoms with Gasteiger partial charge in [0.25, 0.3) is 0 Å². The monoisotopic (exact) mass is 189 g/mol. The van der Waals surface area contributed by atoms with Crippen LogP contribution in [0.1, 0.15) is 0 Å². The molecule has 0 aliphatic carbocycles. The van der Waals surface area contributed by atoms with Crippen LogP contribution in [0.3, 0.4) is 0 Å². The molecular formula is C6H7NO4S. The fourth-order valence-electron chi connectivity index (χ4n) is 1.01. The van der Waals surface area contributed by atoms with Crippen molar-refractivity contribution in [2.24, 2.45) is 0 Å². The van der Waals surface area contributed by atoms with Crippen LogP contribution < -0.4 is 0 Å². The highest BCUT2D eigenvalue weighted by Gasteiger charge is 2.30. The van der Waals surface area contributed by atoms with Crippen molar-refractivity contribution in [2.45, 2.75) is 6.04 Å². The van der Waals surface area contributed by atoms with Crippen molar-refractivity contribution in [3.63, 3.8) is 0 Å². The van der Waals surface area contributed by atoms with E-state index < -0.39 is 22.3 Å². The lowest BCUT2D eigenvalue weighted by molar-refractivity contribution is -0.139. The molecule has 0 saturated heterocycles. The van der Waals surface area contributed by atoms with E-state index in [1.807, 2.05) is 0 Å². The van der Waals surface area contributed by atoms with E-state index in [0.29, 0.717) is 0 Å². The van der Waals surface area contributed by atoms with Crippen LogP contribution in [0.5, 0.6) is 0 Å². The average Bonchev–Trinajstić information content (AvgIpc) is 2.30. The maximum Gasteiger partial charge on any atom is 0.332 e. The predicted octanol–water partition coefficient (Wildman–Crippen LogP) is -1.05. The number of carboxylic acids is 1. The van der Waals surface area contributed by atoms with Crippen LogP contribution in [0.2, 0.25) is 0 Å². The number of likely N-dealkylation sites (N-methyl/N-ethyl adjacent to an activating group) is 1. The van der Waals surface area contributed by atoms with Crippen LogP contribution in [0.15, 0.2) is 12.3 Å². The molecule has 5 nitrogen and oxygen atoms in total. The third-order valence-corrected chi connectivity index (χ3v) is 2.32. The van der Waals surface area contributed by atoms with Crippen LogP contribution >= 0.6 is 0 Å². The van der Waals surface area contributed by atoms with Crippen molar-refractivity contribution in [1.82, 2.24) is 4.90 Å². The molecule has 6 heteroatoms. The van der Waals surface area contributed by atoms with E-state index in [0.717, 1.165) is 0 Å². The molecule has 0 aromatic rings. The van der Waals surface area contributed by atoms with Crippen molar-refractivity contribution in [1.29, 1.82) is 0 Å². The Bertz CT molecular complexity index is 359. The summed E-state index contributed by atoms with van der Waals surface area (Å²) in [6, 6.07) is -1.07. The number of nitrogens with zero attached hydrogens (tertiary/aromatic N) is 1. The quantitative estimate of drug-likeness (QED) is 0.533. The van der Waals surface area contributed by atoms with Crippen LogP contribution in [0, 0.1) is 0 Å². The molecule has 0 saturated carbocycles. The second-order valence-electron chi connectivity index (χ2n) is 2.36. The Labute approximate surface area is 70.4 Å². The van der Waals surface area contributed by atoms with Gasteiger partial charge in [-0.2, -0.15) is 8.42 Å². The van der Waals surface area contributed by atoms with E-state index in [2.05, 4.69) is 0 Å². The summed E-state index contributed by atoms with van der Waals surface area (Å²) in [5, 5.41) is 8.63. The minimum atomic E-state index is -2.45. The van der Waals surface area contributed by atoms with Crippen molar-refractivity contribution in [3.05, 3.63) is 12.3 Å². The zero-order valence-corrected chi connectivity index (χ0v) is 7.08. The van der Waals surface area contributed by atoms with Gasteiger partial charge in [-0.05, 0) is 6.08 Å². The van der Waals surface area contributed by atoms with E-state index in [1.165, 1.54) is 24.2 Å². The Morgan fingerprint density at radius 1 is 1.67 bits per heavy atom. The van der Waals surface area contributed by atoms with Gasteiger partial charge in [0.2, 0.25) is 10.3 Å². The van der Waals surface area contributed by atoms with Gasteiger partial charge in [-0.1, -0.05) is 0 Å². The molecule has 1 atom stereocenters. The predicted molar refractivity (Wildman–Crippen MR) is 42.3 cm³/mol. The summed E-state index contributed by atoms with van der Waals surface area (Å²) < 4.78 is 21.0. The number of carboxylic acid groups (broad SMARTS) is 1. The molecular weight excluding hydrogens is 182 g/mol. The Hall–Kier alpha value is -1.30. The van der Waals surface area contributed by atoms with Crippen molar-refractivity contribution in [2.75, 3.05) is 7.05 Å². The second kappa shape index (κ2) is 2.98. The van der Waals surface area contributed by atoms with Gasteiger partial charge >= 0.3 is 5.97 Å². The van der Waals surface area contributed by atoms with Gasteiger partial charge in [-0.15, -0.1) is 0 Å². The van der Waals surface area contributed by atoms with E-state index in [1.54, 1.807) is 0 Å². The van der Waals surface area contributed by atoms with E-state index in [4.69, 9.17) is 5.11 Å². The number of carbonyl (C=O) groups is 1. The topological polar surface area (TPSA) is 74.7 Å². The Morgan fingerprint density at radius 2 is 2.25 bits per heavy atom. The summed E-state index contributed by atoms with van der Waals surface area (Å²) in [7, 11) is -0.946.